The van der Waals surface area contributed by atoms with E-state index in [1.807, 2.05) is 0 Å². The molecule has 0 fully saturated rings. The minimum atomic E-state index is -3.92. The van der Waals surface area contributed by atoms with Crippen molar-refractivity contribution in [3.63, 3.8) is 0 Å². The van der Waals surface area contributed by atoms with Gasteiger partial charge in [-0.15, -0.1) is 0 Å². The third-order valence-electron chi connectivity index (χ3n) is 4.15. The third kappa shape index (κ3) is 4.52. The summed E-state index contributed by atoms with van der Waals surface area (Å²) in [6.07, 6.45) is 2.60. The molecule has 10 heteroatoms. The van der Waals surface area contributed by atoms with Crippen LogP contribution in [0.25, 0.3) is 5.69 Å². The maximum Gasteiger partial charge on any atom is 0.265 e. The summed E-state index contributed by atoms with van der Waals surface area (Å²) in [6, 6.07) is 9.91. The fourth-order valence-corrected chi connectivity index (χ4v) is 3.91. The number of benzene rings is 2. The third-order valence-corrected chi connectivity index (χ3v) is 5.70. The molecule has 0 radical (unpaired) electrons. The average molecular weight is 435 g/mol. The predicted octanol–water partition coefficient (Wildman–Crippen LogP) is 3.60. The molecule has 1 heterocycles. The predicted molar refractivity (Wildman–Crippen MR) is 111 cm³/mol. The van der Waals surface area contributed by atoms with E-state index in [0.29, 0.717) is 33.4 Å². The summed E-state index contributed by atoms with van der Waals surface area (Å²) >= 11 is 6.04. The second kappa shape index (κ2) is 8.14. The van der Waals surface area contributed by atoms with Gasteiger partial charge < -0.3 is 10.1 Å². The highest BCUT2D eigenvalue weighted by molar-refractivity contribution is 7.92. The SMILES string of the molecule is COc1ccc(Cl)cc1-n1cc(S(=O)(=O)Nc2cccc(NC(C)=O)c2C)cn1. The van der Waals surface area contributed by atoms with E-state index in [4.69, 9.17) is 16.3 Å². The number of carbonyl (C=O) groups is 1. The number of nitrogens with one attached hydrogen (secondary N) is 2. The minimum Gasteiger partial charge on any atom is -0.494 e. The first kappa shape index (κ1) is 20.7. The Bertz CT molecular complexity index is 1170. The Morgan fingerprint density at radius 1 is 1.21 bits per heavy atom. The number of aromatic nitrogens is 2. The summed E-state index contributed by atoms with van der Waals surface area (Å²) in [5, 5.41) is 7.25. The average Bonchev–Trinajstić information content (AvgIpc) is 3.15. The van der Waals surface area contributed by atoms with Gasteiger partial charge >= 0.3 is 0 Å². The van der Waals surface area contributed by atoms with Gasteiger partial charge in [0.25, 0.3) is 10.0 Å². The number of rotatable bonds is 6. The number of hydrogen-bond acceptors (Lipinski definition) is 5. The van der Waals surface area contributed by atoms with Crippen molar-refractivity contribution in [1.82, 2.24) is 9.78 Å². The lowest BCUT2D eigenvalue weighted by Crippen LogP contribution is -2.14. The van der Waals surface area contributed by atoms with E-state index < -0.39 is 10.0 Å². The van der Waals surface area contributed by atoms with Crippen LogP contribution in [0.3, 0.4) is 0 Å². The topological polar surface area (TPSA) is 102 Å². The van der Waals surface area contributed by atoms with Gasteiger partial charge in [-0.1, -0.05) is 17.7 Å². The van der Waals surface area contributed by atoms with Crippen LogP contribution in [-0.4, -0.2) is 31.2 Å². The molecule has 0 aliphatic carbocycles. The molecule has 0 bridgehead atoms. The Hall–Kier alpha value is -3.04. The van der Waals surface area contributed by atoms with Crippen LogP contribution in [-0.2, 0) is 14.8 Å². The lowest BCUT2D eigenvalue weighted by molar-refractivity contribution is -0.114. The highest BCUT2D eigenvalue weighted by Gasteiger charge is 2.20. The Kier molecular flexibility index (Phi) is 5.81. The lowest BCUT2D eigenvalue weighted by atomic mass is 10.1. The zero-order chi connectivity index (χ0) is 21.2. The van der Waals surface area contributed by atoms with Gasteiger partial charge in [0.2, 0.25) is 5.91 Å². The van der Waals surface area contributed by atoms with E-state index in [9.17, 15) is 13.2 Å². The zero-order valence-electron chi connectivity index (χ0n) is 15.9. The Balaban J connectivity index is 1.93. The van der Waals surface area contributed by atoms with Crippen LogP contribution in [0.4, 0.5) is 11.4 Å². The molecule has 0 saturated carbocycles. The van der Waals surface area contributed by atoms with Crippen molar-refractivity contribution in [3.8, 4) is 11.4 Å². The molecule has 1 amide bonds. The van der Waals surface area contributed by atoms with Crippen LogP contribution < -0.4 is 14.8 Å². The first-order valence-electron chi connectivity index (χ1n) is 8.50. The number of hydrogen-bond donors (Lipinski definition) is 2. The standard InChI is InChI=1S/C19H19ClN4O4S/c1-12-16(22-13(2)25)5-4-6-17(12)23-29(26,27)15-10-21-24(11-15)18-9-14(20)7-8-19(18)28-3/h4-11,23H,1-3H3,(H,22,25). The smallest absolute Gasteiger partial charge is 0.265 e. The van der Waals surface area contributed by atoms with E-state index >= 15 is 0 Å². The second-order valence-corrected chi connectivity index (χ2v) is 8.32. The molecule has 1 aromatic heterocycles. The van der Waals surface area contributed by atoms with Crippen molar-refractivity contribution in [2.75, 3.05) is 17.1 Å². The van der Waals surface area contributed by atoms with Crippen molar-refractivity contribution in [2.24, 2.45) is 0 Å². The Morgan fingerprint density at radius 3 is 2.62 bits per heavy atom. The molecular weight excluding hydrogens is 416 g/mol. The summed E-state index contributed by atoms with van der Waals surface area (Å²) in [7, 11) is -2.42. The van der Waals surface area contributed by atoms with E-state index in [1.54, 1.807) is 43.3 Å². The number of halogens is 1. The fourth-order valence-electron chi connectivity index (χ4n) is 2.69. The number of anilines is 2. The van der Waals surface area contributed by atoms with Crippen molar-refractivity contribution in [1.29, 1.82) is 0 Å². The minimum absolute atomic E-state index is 0.0381. The number of carbonyl (C=O) groups excluding carboxylic acids is 1. The van der Waals surface area contributed by atoms with Crippen molar-refractivity contribution < 1.29 is 17.9 Å². The van der Waals surface area contributed by atoms with Gasteiger partial charge in [-0.05, 0) is 42.8 Å². The van der Waals surface area contributed by atoms with Crippen LogP contribution in [0.1, 0.15) is 12.5 Å². The van der Waals surface area contributed by atoms with Gasteiger partial charge in [0.15, 0.2) is 0 Å². The van der Waals surface area contributed by atoms with Gasteiger partial charge in [0.05, 0.1) is 25.2 Å². The van der Waals surface area contributed by atoms with Crippen molar-refractivity contribution in [3.05, 3.63) is 59.4 Å². The molecule has 0 spiro atoms. The molecule has 152 valence electrons. The molecule has 0 atom stereocenters. The highest BCUT2D eigenvalue weighted by Crippen LogP contribution is 2.28. The Morgan fingerprint density at radius 2 is 1.93 bits per heavy atom. The van der Waals surface area contributed by atoms with Crippen LogP contribution in [0, 0.1) is 6.92 Å². The molecule has 0 aliphatic heterocycles. The monoisotopic (exact) mass is 434 g/mol. The quantitative estimate of drug-likeness (QED) is 0.617. The second-order valence-electron chi connectivity index (χ2n) is 6.20. The Labute approximate surface area is 173 Å². The van der Waals surface area contributed by atoms with Crippen molar-refractivity contribution >= 4 is 38.9 Å². The first-order valence-corrected chi connectivity index (χ1v) is 10.4. The number of amides is 1. The molecule has 29 heavy (non-hydrogen) atoms. The van der Waals surface area contributed by atoms with Crippen molar-refractivity contribution in [2.45, 2.75) is 18.7 Å². The summed E-state index contributed by atoms with van der Waals surface area (Å²) in [6.45, 7) is 3.10. The summed E-state index contributed by atoms with van der Waals surface area (Å²) in [5.74, 6) is 0.248. The number of nitrogens with zero attached hydrogens (tertiary/aromatic N) is 2. The lowest BCUT2D eigenvalue weighted by Gasteiger charge is -2.13. The van der Waals surface area contributed by atoms with Gasteiger partial charge in [0, 0.05) is 17.6 Å². The maximum absolute atomic E-state index is 12.8. The molecule has 0 saturated heterocycles. The van der Waals surface area contributed by atoms with E-state index in [1.165, 1.54) is 31.1 Å². The molecule has 2 N–H and O–H groups in total. The largest absolute Gasteiger partial charge is 0.494 e. The van der Waals surface area contributed by atoms with Crippen LogP contribution >= 0.6 is 11.6 Å². The fraction of sp³-hybridized carbons (Fsp3) is 0.158. The normalized spacial score (nSPS) is 11.2. The molecule has 3 aromatic rings. The summed E-state index contributed by atoms with van der Waals surface area (Å²) in [5.41, 5.74) is 1.97. The zero-order valence-corrected chi connectivity index (χ0v) is 17.5. The number of ether oxygens (including phenoxy) is 1. The summed E-state index contributed by atoms with van der Waals surface area (Å²) in [4.78, 5) is 11.3. The molecule has 0 aliphatic rings. The molecule has 8 nitrogen and oxygen atoms in total. The van der Waals surface area contributed by atoms with Crippen LogP contribution in [0.5, 0.6) is 5.75 Å². The number of sulfonamides is 1. The molecular formula is C19H19ClN4O4S. The van der Waals surface area contributed by atoms with Gasteiger partial charge in [-0.2, -0.15) is 5.10 Å². The van der Waals surface area contributed by atoms with E-state index in [2.05, 4.69) is 15.1 Å². The molecule has 0 unspecified atom stereocenters. The molecule has 2 aromatic carbocycles. The number of methoxy groups -OCH3 is 1. The van der Waals surface area contributed by atoms with Crippen LogP contribution in [0.2, 0.25) is 5.02 Å². The van der Waals surface area contributed by atoms with Crippen LogP contribution in [0.15, 0.2) is 53.7 Å². The summed E-state index contributed by atoms with van der Waals surface area (Å²) < 4.78 is 34.9. The van der Waals surface area contributed by atoms with Gasteiger partial charge in [-0.25, -0.2) is 13.1 Å². The first-order chi connectivity index (χ1) is 13.7. The van der Waals surface area contributed by atoms with E-state index in [0.717, 1.165) is 0 Å². The van der Waals surface area contributed by atoms with E-state index in [-0.39, 0.29) is 10.8 Å². The highest BCUT2D eigenvalue weighted by atomic mass is 35.5. The van der Waals surface area contributed by atoms with Gasteiger partial charge in [-0.3, -0.25) is 9.52 Å². The molecule has 3 rings (SSSR count). The maximum atomic E-state index is 12.8. The van der Waals surface area contributed by atoms with Gasteiger partial charge in [0.1, 0.15) is 16.3 Å².